The van der Waals surface area contributed by atoms with Crippen LogP contribution in [0.4, 0.5) is 5.69 Å². The number of hydrogen-bond acceptors (Lipinski definition) is 7. The van der Waals surface area contributed by atoms with Gasteiger partial charge in [-0.05, 0) is 42.8 Å². The van der Waals surface area contributed by atoms with Crippen molar-refractivity contribution in [3.05, 3.63) is 114 Å². The van der Waals surface area contributed by atoms with Gasteiger partial charge in [-0.3, -0.25) is 9.59 Å². The normalized spacial score (nSPS) is 21.2. The molecule has 0 radical (unpaired) electrons. The third-order valence-electron chi connectivity index (χ3n) is 7.04. The van der Waals surface area contributed by atoms with Crippen LogP contribution in [0.15, 0.2) is 91.5 Å². The number of esters is 1. The van der Waals surface area contributed by atoms with Crippen molar-refractivity contribution in [2.75, 3.05) is 25.5 Å². The van der Waals surface area contributed by atoms with Crippen LogP contribution in [0, 0.1) is 0 Å². The average Bonchev–Trinajstić information content (AvgIpc) is 2.97. The zero-order valence-corrected chi connectivity index (χ0v) is 23.7. The molecule has 3 aromatic carbocycles. The lowest BCUT2D eigenvalue weighted by Gasteiger charge is -2.44. The first-order valence-corrected chi connectivity index (χ1v) is 13.7. The summed E-state index contributed by atoms with van der Waals surface area (Å²) >= 11 is 0. The number of benzene rings is 3. The highest BCUT2D eigenvalue weighted by Gasteiger charge is 2.42. The summed E-state index contributed by atoms with van der Waals surface area (Å²) in [7, 11) is 2.03. The van der Waals surface area contributed by atoms with Gasteiger partial charge in [0.25, 0.3) is 5.91 Å². The highest BCUT2D eigenvalue weighted by molar-refractivity contribution is 5.95. The molecule has 8 heteroatoms. The largest absolute Gasteiger partial charge is 0.453 e. The van der Waals surface area contributed by atoms with Crippen molar-refractivity contribution >= 4 is 17.6 Å². The predicted molar refractivity (Wildman–Crippen MR) is 157 cm³/mol. The second-order valence-corrected chi connectivity index (χ2v) is 10.3. The lowest BCUT2D eigenvalue weighted by Crippen LogP contribution is -2.43. The van der Waals surface area contributed by atoms with Crippen molar-refractivity contribution < 1.29 is 28.9 Å². The van der Waals surface area contributed by atoms with Crippen LogP contribution in [-0.4, -0.2) is 54.2 Å². The maximum atomic E-state index is 12.6. The highest BCUT2D eigenvalue weighted by Crippen LogP contribution is 2.47. The SMILES string of the molecule is C=CCN(C)C[C@H]1OC(c2cccc(NC(=O)[C@H](C)OC(C)=O)c2)O[C@@H](c2ccc(CO)cc2)[C@@H]1c1ccccc1. The van der Waals surface area contributed by atoms with E-state index in [1.807, 2.05) is 73.8 Å². The molecule has 1 amide bonds. The van der Waals surface area contributed by atoms with Gasteiger partial charge in [0.1, 0.15) is 0 Å². The average molecular weight is 559 g/mol. The molecule has 1 heterocycles. The summed E-state index contributed by atoms with van der Waals surface area (Å²) in [5, 5.41) is 12.4. The summed E-state index contributed by atoms with van der Waals surface area (Å²) in [5.74, 6) is -1.08. The Morgan fingerprint density at radius 1 is 1.02 bits per heavy atom. The third kappa shape index (κ3) is 7.89. The number of aliphatic hydroxyl groups excluding tert-OH is 1. The van der Waals surface area contributed by atoms with E-state index in [9.17, 15) is 14.7 Å². The number of aliphatic hydroxyl groups is 1. The van der Waals surface area contributed by atoms with Crippen LogP contribution in [0.2, 0.25) is 0 Å². The molecule has 5 atom stereocenters. The van der Waals surface area contributed by atoms with E-state index < -0.39 is 24.3 Å². The topological polar surface area (TPSA) is 97.3 Å². The molecule has 1 aliphatic heterocycles. The fourth-order valence-electron chi connectivity index (χ4n) is 5.08. The molecule has 0 aromatic heterocycles. The maximum Gasteiger partial charge on any atom is 0.303 e. The summed E-state index contributed by atoms with van der Waals surface area (Å²) in [4.78, 5) is 26.0. The Kier molecular flexibility index (Phi) is 10.4. The quantitative estimate of drug-likeness (QED) is 0.249. The molecule has 1 aliphatic rings. The third-order valence-corrected chi connectivity index (χ3v) is 7.04. The molecule has 1 unspecified atom stereocenters. The smallest absolute Gasteiger partial charge is 0.303 e. The fourth-order valence-corrected chi connectivity index (χ4v) is 5.08. The molecule has 1 fully saturated rings. The van der Waals surface area contributed by atoms with Crippen molar-refractivity contribution in [3.63, 3.8) is 0 Å². The maximum absolute atomic E-state index is 12.6. The van der Waals surface area contributed by atoms with Crippen LogP contribution >= 0.6 is 0 Å². The number of carbonyl (C=O) groups excluding carboxylic acids is 2. The molecular weight excluding hydrogens is 520 g/mol. The Hall–Kier alpha value is -3.82. The van der Waals surface area contributed by atoms with Gasteiger partial charge < -0.3 is 29.5 Å². The van der Waals surface area contributed by atoms with Gasteiger partial charge in [0.15, 0.2) is 12.4 Å². The first kappa shape index (κ1) is 30.1. The van der Waals surface area contributed by atoms with Crippen LogP contribution in [-0.2, 0) is 30.4 Å². The van der Waals surface area contributed by atoms with Crippen LogP contribution in [0.3, 0.4) is 0 Å². The number of ether oxygens (including phenoxy) is 3. The van der Waals surface area contributed by atoms with Crippen molar-refractivity contribution in [2.24, 2.45) is 0 Å². The Labute approximate surface area is 241 Å². The first-order chi connectivity index (χ1) is 19.8. The number of carbonyl (C=O) groups is 2. The Bertz CT molecular complexity index is 1310. The summed E-state index contributed by atoms with van der Waals surface area (Å²) in [5.41, 5.74) is 4.17. The number of likely N-dealkylation sites (N-methyl/N-ethyl adjacent to an activating group) is 1. The molecule has 0 aliphatic carbocycles. The van der Waals surface area contributed by atoms with Crippen molar-refractivity contribution in [2.45, 2.75) is 51.0 Å². The van der Waals surface area contributed by atoms with E-state index in [0.29, 0.717) is 18.8 Å². The molecule has 0 spiro atoms. The van der Waals surface area contributed by atoms with Crippen LogP contribution in [0.5, 0.6) is 0 Å². The number of hydrogen-bond donors (Lipinski definition) is 2. The van der Waals surface area contributed by atoms with Crippen molar-refractivity contribution in [3.8, 4) is 0 Å². The van der Waals surface area contributed by atoms with E-state index in [1.54, 1.807) is 6.07 Å². The first-order valence-electron chi connectivity index (χ1n) is 13.7. The number of rotatable bonds is 11. The standard InChI is InChI=1S/C33H38N2O6/c1-5-18-35(4)20-29-30(25-10-7-6-8-11-25)31(26-16-14-24(21-36)15-17-26)41-33(40-29)27-12-9-13-28(19-27)34-32(38)22(2)39-23(3)37/h5-17,19,22,29-31,33,36H,1,18,20-21H2,2-4H3,(H,34,38)/t22-,29+,30+,31-,33?/m0/s1. The van der Waals surface area contributed by atoms with Gasteiger partial charge in [-0.2, -0.15) is 0 Å². The van der Waals surface area contributed by atoms with Gasteiger partial charge >= 0.3 is 5.97 Å². The van der Waals surface area contributed by atoms with E-state index in [2.05, 4.69) is 28.9 Å². The van der Waals surface area contributed by atoms with Gasteiger partial charge in [-0.1, -0.05) is 72.8 Å². The fraction of sp³-hybridized carbons (Fsp3) is 0.333. The molecule has 3 aromatic rings. The second-order valence-electron chi connectivity index (χ2n) is 10.3. The summed E-state index contributed by atoms with van der Waals surface area (Å²) in [6.45, 7) is 7.96. The predicted octanol–water partition coefficient (Wildman–Crippen LogP) is 5.13. The van der Waals surface area contributed by atoms with Gasteiger partial charge in [0.05, 0.1) is 18.8 Å². The second kappa shape index (κ2) is 14.2. The van der Waals surface area contributed by atoms with Crippen LogP contribution in [0.1, 0.15) is 54.4 Å². The molecule has 0 bridgehead atoms. The van der Waals surface area contributed by atoms with Gasteiger partial charge in [0, 0.05) is 37.2 Å². The number of amides is 1. The lowest BCUT2D eigenvalue weighted by atomic mass is 9.83. The van der Waals surface area contributed by atoms with E-state index in [-0.39, 0.29) is 24.7 Å². The molecule has 2 N–H and O–H groups in total. The molecular formula is C33H38N2O6. The summed E-state index contributed by atoms with van der Waals surface area (Å²) in [6.07, 6.45) is -0.384. The van der Waals surface area contributed by atoms with Crippen LogP contribution in [0.25, 0.3) is 0 Å². The Balaban J connectivity index is 1.69. The number of anilines is 1. The minimum atomic E-state index is -0.930. The van der Waals surface area contributed by atoms with Crippen molar-refractivity contribution in [1.29, 1.82) is 0 Å². The lowest BCUT2D eigenvalue weighted by molar-refractivity contribution is -0.263. The Morgan fingerprint density at radius 3 is 2.39 bits per heavy atom. The van der Waals surface area contributed by atoms with Crippen LogP contribution < -0.4 is 5.32 Å². The summed E-state index contributed by atoms with van der Waals surface area (Å²) in [6, 6.07) is 25.3. The molecule has 8 nitrogen and oxygen atoms in total. The van der Waals surface area contributed by atoms with E-state index in [4.69, 9.17) is 14.2 Å². The van der Waals surface area contributed by atoms with E-state index in [1.165, 1.54) is 13.8 Å². The highest BCUT2D eigenvalue weighted by atomic mass is 16.7. The minimum absolute atomic E-state index is 0.0385. The molecule has 1 saturated heterocycles. The molecule has 41 heavy (non-hydrogen) atoms. The monoisotopic (exact) mass is 558 g/mol. The van der Waals surface area contributed by atoms with Gasteiger partial charge in [-0.25, -0.2) is 0 Å². The van der Waals surface area contributed by atoms with Gasteiger partial charge in [0.2, 0.25) is 0 Å². The van der Waals surface area contributed by atoms with E-state index >= 15 is 0 Å². The summed E-state index contributed by atoms with van der Waals surface area (Å²) < 4.78 is 18.4. The van der Waals surface area contributed by atoms with E-state index in [0.717, 1.165) is 22.3 Å². The minimum Gasteiger partial charge on any atom is -0.453 e. The zero-order valence-electron chi connectivity index (χ0n) is 23.7. The number of nitrogens with one attached hydrogen (secondary N) is 1. The molecule has 0 saturated carbocycles. The van der Waals surface area contributed by atoms with Gasteiger partial charge in [-0.15, -0.1) is 6.58 Å². The van der Waals surface area contributed by atoms with Crippen molar-refractivity contribution in [1.82, 2.24) is 4.90 Å². The zero-order chi connectivity index (χ0) is 29.4. The molecule has 4 rings (SSSR count). The molecule has 216 valence electrons. The Morgan fingerprint density at radius 2 is 1.73 bits per heavy atom. The number of nitrogens with zero attached hydrogens (tertiary/aromatic N) is 1.